The van der Waals surface area contributed by atoms with E-state index in [0.717, 1.165) is 11.3 Å². The van der Waals surface area contributed by atoms with Crippen LogP contribution in [0.2, 0.25) is 5.02 Å². The number of carbonyl (C=O) groups excluding carboxylic acids is 1. The third-order valence-electron chi connectivity index (χ3n) is 4.14. The fourth-order valence-electron chi connectivity index (χ4n) is 2.55. The van der Waals surface area contributed by atoms with Crippen molar-refractivity contribution in [2.24, 2.45) is 0 Å². The van der Waals surface area contributed by atoms with Crippen LogP contribution in [0.25, 0.3) is 0 Å². The van der Waals surface area contributed by atoms with Gasteiger partial charge in [-0.3, -0.25) is 4.79 Å². The zero-order valence-electron chi connectivity index (χ0n) is 14.5. The Balaban J connectivity index is 1.56. The summed E-state index contributed by atoms with van der Waals surface area (Å²) in [5, 5.41) is 6.79. The molecule has 26 heavy (non-hydrogen) atoms. The third-order valence-corrected chi connectivity index (χ3v) is 4.51. The van der Waals surface area contributed by atoms with Crippen LogP contribution in [0.1, 0.15) is 27.2 Å². The van der Waals surface area contributed by atoms with Gasteiger partial charge in [-0.25, -0.2) is 4.98 Å². The molecule has 0 radical (unpaired) electrons. The molecular weight excluding hydrogens is 346 g/mol. The normalized spacial score (nSPS) is 10.4. The number of carbonyl (C=O) groups is 1. The standard InChI is InChI=1S/C21H20ClN3O/c1-15-6-2-3-7-16(15)12-23-18-10-11-20(24-14-18)21(26)25-13-17-8-4-5-9-19(17)22/h2-11,14,23H,12-13H2,1H3,(H,25,26). The average Bonchev–Trinajstić information content (AvgIpc) is 2.67. The molecule has 4 nitrogen and oxygen atoms in total. The number of anilines is 1. The number of nitrogens with one attached hydrogen (secondary N) is 2. The SMILES string of the molecule is Cc1ccccc1CNc1ccc(C(=O)NCc2ccccc2Cl)nc1. The van der Waals surface area contributed by atoms with Gasteiger partial charge in [0.05, 0.1) is 11.9 Å². The Morgan fingerprint density at radius 1 is 0.962 bits per heavy atom. The van der Waals surface area contributed by atoms with Crippen molar-refractivity contribution in [3.05, 3.63) is 94.3 Å². The molecule has 3 aromatic rings. The fraction of sp³-hybridized carbons (Fsp3) is 0.143. The minimum Gasteiger partial charge on any atom is -0.380 e. The van der Waals surface area contributed by atoms with Crippen molar-refractivity contribution >= 4 is 23.2 Å². The van der Waals surface area contributed by atoms with E-state index in [1.807, 2.05) is 36.4 Å². The highest BCUT2D eigenvalue weighted by Crippen LogP contribution is 2.15. The molecule has 0 aliphatic heterocycles. The van der Waals surface area contributed by atoms with Gasteiger partial charge < -0.3 is 10.6 Å². The largest absolute Gasteiger partial charge is 0.380 e. The van der Waals surface area contributed by atoms with E-state index in [2.05, 4.69) is 34.7 Å². The van der Waals surface area contributed by atoms with E-state index in [-0.39, 0.29) is 5.91 Å². The number of benzene rings is 2. The van der Waals surface area contributed by atoms with Crippen molar-refractivity contribution in [3.8, 4) is 0 Å². The van der Waals surface area contributed by atoms with Gasteiger partial charge in [-0.2, -0.15) is 0 Å². The van der Waals surface area contributed by atoms with Gasteiger partial charge in [0.2, 0.25) is 0 Å². The average molecular weight is 366 g/mol. The summed E-state index contributed by atoms with van der Waals surface area (Å²) < 4.78 is 0. The molecule has 1 aromatic heterocycles. The van der Waals surface area contributed by atoms with E-state index < -0.39 is 0 Å². The van der Waals surface area contributed by atoms with Crippen LogP contribution in [-0.2, 0) is 13.1 Å². The molecule has 0 bridgehead atoms. The summed E-state index contributed by atoms with van der Waals surface area (Å²) in [6.45, 7) is 3.17. The third kappa shape index (κ3) is 4.61. The van der Waals surface area contributed by atoms with Crippen molar-refractivity contribution in [3.63, 3.8) is 0 Å². The van der Waals surface area contributed by atoms with E-state index in [9.17, 15) is 4.79 Å². The molecular formula is C21H20ClN3O. The Bertz CT molecular complexity index is 894. The molecule has 0 spiro atoms. The summed E-state index contributed by atoms with van der Waals surface area (Å²) in [5.41, 5.74) is 4.59. The number of pyridine rings is 1. The van der Waals surface area contributed by atoms with Crippen molar-refractivity contribution in [1.29, 1.82) is 0 Å². The number of aromatic nitrogens is 1. The maximum atomic E-state index is 12.2. The number of hydrogen-bond acceptors (Lipinski definition) is 3. The van der Waals surface area contributed by atoms with Gasteiger partial charge in [0.25, 0.3) is 5.91 Å². The van der Waals surface area contributed by atoms with E-state index in [1.54, 1.807) is 18.3 Å². The maximum Gasteiger partial charge on any atom is 0.270 e. The summed E-state index contributed by atoms with van der Waals surface area (Å²) in [6.07, 6.45) is 1.67. The summed E-state index contributed by atoms with van der Waals surface area (Å²) in [6, 6.07) is 19.2. The van der Waals surface area contributed by atoms with Gasteiger partial charge in [-0.15, -0.1) is 0 Å². The predicted molar refractivity (Wildman–Crippen MR) is 105 cm³/mol. The topological polar surface area (TPSA) is 54.0 Å². The van der Waals surface area contributed by atoms with E-state index in [1.165, 1.54) is 11.1 Å². The highest BCUT2D eigenvalue weighted by Gasteiger charge is 2.08. The molecule has 132 valence electrons. The molecule has 3 rings (SSSR count). The highest BCUT2D eigenvalue weighted by molar-refractivity contribution is 6.31. The molecule has 0 atom stereocenters. The lowest BCUT2D eigenvalue weighted by atomic mass is 10.1. The lowest BCUT2D eigenvalue weighted by Crippen LogP contribution is -2.23. The molecule has 0 saturated carbocycles. The number of nitrogens with zero attached hydrogens (tertiary/aromatic N) is 1. The zero-order chi connectivity index (χ0) is 18.4. The van der Waals surface area contributed by atoms with Crippen molar-refractivity contribution < 1.29 is 4.79 Å². The van der Waals surface area contributed by atoms with Crippen molar-refractivity contribution in [2.45, 2.75) is 20.0 Å². The highest BCUT2D eigenvalue weighted by atomic mass is 35.5. The summed E-state index contributed by atoms with van der Waals surface area (Å²) in [5.74, 6) is -0.227. The van der Waals surface area contributed by atoms with Crippen LogP contribution in [0.15, 0.2) is 66.9 Å². The number of hydrogen-bond donors (Lipinski definition) is 2. The first-order valence-corrected chi connectivity index (χ1v) is 8.77. The first-order chi connectivity index (χ1) is 12.6. The Morgan fingerprint density at radius 2 is 1.69 bits per heavy atom. The zero-order valence-corrected chi connectivity index (χ0v) is 15.3. The van der Waals surface area contributed by atoms with Crippen LogP contribution in [0.4, 0.5) is 5.69 Å². The smallest absolute Gasteiger partial charge is 0.270 e. The van der Waals surface area contributed by atoms with Crippen LogP contribution in [0, 0.1) is 6.92 Å². The van der Waals surface area contributed by atoms with Gasteiger partial charge in [-0.1, -0.05) is 54.1 Å². The lowest BCUT2D eigenvalue weighted by Gasteiger charge is -2.10. The summed E-state index contributed by atoms with van der Waals surface area (Å²) in [7, 11) is 0. The van der Waals surface area contributed by atoms with Crippen molar-refractivity contribution in [2.75, 3.05) is 5.32 Å². The Labute approximate surface area is 158 Å². The van der Waals surface area contributed by atoms with Crippen molar-refractivity contribution in [1.82, 2.24) is 10.3 Å². The minimum absolute atomic E-state index is 0.227. The monoisotopic (exact) mass is 365 g/mol. The Kier molecular flexibility index (Phi) is 5.87. The molecule has 2 aromatic carbocycles. The van der Waals surface area contributed by atoms with Gasteiger partial charge in [-0.05, 0) is 41.8 Å². The van der Waals surface area contributed by atoms with Crippen LogP contribution in [-0.4, -0.2) is 10.9 Å². The van der Waals surface area contributed by atoms with Gasteiger partial charge in [0.1, 0.15) is 5.69 Å². The molecule has 0 aliphatic carbocycles. The van der Waals surface area contributed by atoms with Gasteiger partial charge in [0.15, 0.2) is 0 Å². The quantitative estimate of drug-likeness (QED) is 0.672. The van der Waals surface area contributed by atoms with Gasteiger partial charge >= 0.3 is 0 Å². The Hall–Kier alpha value is -2.85. The molecule has 0 fully saturated rings. The molecule has 0 unspecified atom stereocenters. The molecule has 2 N–H and O–H groups in total. The van der Waals surface area contributed by atoms with E-state index in [4.69, 9.17) is 11.6 Å². The molecule has 1 amide bonds. The fourth-order valence-corrected chi connectivity index (χ4v) is 2.75. The van der Waals surface area contributed by atoms with Gasteiger partial charge in [0, 0.05) is 18.1 Å². The molecule has 0 saturated heterocycles. The predicted octanol–water partition coefficient (Wildman–Crippen LogP) is 4.59. The van der Waals surface area contributed by atoms with Crippen LogP contribution in [0.5, 0.6) is 0 Å². The lowest BCUT2D eigenvalue weighted by molar-refractivity contribution is 0.0946. The number of rotatable bonds is 6. The molecule has 0 aliphatic rings. The van der Waals surface area contributed by atoms with E-state index in [0.29, 0.717) is 23.8 Å². The van der Waals surface area contributed by atoms with Crippen LogP contribution < -0.4 is 10.6 Å². The maximum absolute atomic E-state index is 12.2. The second-order valence-electron chi connectivity index (χ2n) is 5.99. The second kappa shape index (κ2) is 8.50. The van der Waals surface area contributed by atoms with Crippen LogP contribution in [0.3, 0.4) is 0 Å². The van der Waals surface area contributed by atoms with Crippen LogP contribution >= 0.6 is 11.6 Å². The van der Waals surface area contributed by atoms with E-state index >= 15 is 0 Å². The first kappa shape index (κ1) is 18.0. The minimum atomic E-state index is -0.227. The first-order valence-electron chi connectivity index (χ1n) is 8.39. The second-order valence-corrected chi connectivity index (χ2v) is 6.39. The Morgan fingerprint density at radius 3 is 2.38 bits per heavy atom. The summed E-state index contributed by atoms with van der Waals surface area (Å²) in [4.78, 5) is 16.5. The summed E-state index contributed by atoms with van der Waals surface area (Å²) >= 11 is 6.10. The number of amides is 1. The number of halogens is 1. The molecule has 1 heterocycles. The molecule has 5 heteroatoms. The number of aryl methyl sites for hydroxylation is 1.